The van der Waals surface area contributed by atoms with E-state index in [1.54, 1.807) is 17.4 Å². The van der Waals surface area contributed by atoms with Gasteiger partial charge in [0.05, 0.1) is 10.0 Å². The maximum absolute atomic E-state index is 12.7. The Hall–Kier alpha value is -1.25. The third kappa shape index (κ3) is 2.74. The number of phenolic OH excluding ortho intramolecular Hbond substituents is 2. The topological polar surface area (TPSA) is 81.6 Å². The third-order valence-electron chi connectivity index (χ3n) is 4.80. The quantitative estimate of drug-likeness (QED) is 0.471. The van der Waals surface area contributed by atoms with Crippen molar-refractivity contribution in [3.05, 3.63) is 36.6 Å². The number of nitrogens with one attached hydrogen (secondary N) is 2. The van der Waals surface area contributed by atoms with Gasteiger partial charge in [-0.25, -0.2) is 0 Å². The van der Waals surface area contributed by atoms with E-state index in [0.717, 1.165) is 29.8 Å². The van der Waals surface area contributed by atoms with Crippen molar-refractivity contribution in [3.63, 3.8) is 0 Å². The van der Waals surface area contributed by atoms with Gasteiger partial charge in [0.25, 0.3) is 5.91 Å². The van der Waals surface area contributed by atoms with Crippen LogP contribution in [0.15, 0.2) is 15.0 Å². The van der Waals surface area contributed by atoms with Crippen LogP contribution in [0.4, 0.5) is 5.00 Å². The minimum atomic E-state index is -0.564. The number of thiophene rings is 1. The van der Waals surface area contributed by atoms with Crippen LogP contribution in [-0.2, 0) is 12.8 Å². The Morgan fingerprint density at radius 1 is 1.24 bits per heavy atom. The molecule has 132 valence electrons. The van der Waals surface area contributed by atoms with E-state index in [4.69, 9.17) is 0 Å². The normalized spacial score (nSPS) is 22.0. The van der Waals surface area contributed by atoms with Gasteiger partial charge < -0.3 is 20.8 Å². The highest BCUT2D eigenvalue weighted by molar-refractivity contribution is 9.11. The van der Waals surface area contributed by atoms with E-state index in [0.29, 0.717) is 16.0 Å². The number of amides is 1. The number of carbonyl (C=O) groups excluding carboxylic acids is 1. The maximum Gasteiger partial charge on any atom is 0.256 e. The van der Waals surface area contributed by atoms with E-state index < -0.39 is 6.17 Å². The first kappa shape index (κ1) is 17.2. The Morgan fingerprint density at radius 3 is 2.76 bits per heavy atom. The molecular weight excluding hydrogens is 472 g/mol. The van der Waals surface area contributed by atoms with Gasteiger partial charge in [-0.1, -0.05) is 6.92 Å². The second-order valence-electron chi connectivity index (χ2n) is 6.57. The molecule has 1 aromatic heterocycles. The minimum absolute atomic E-state index is 0.0790. The molecule has 1 aliphatic heterocycles. The largest absolute Gasteiger partial charge is 0.506 e. The van der Waals surface area contributed by atoms with Gasteiger partial charge in [-0.05, 0) is 68.7 Å². The van der Waals surface area contributed by atoms with E-state index in [2.05, 4.69) is 49.4 Å². The number of phenols is 2. The number of hydrogen-bond donors (Lipinski definition) is 4. The number of hydrogen-bond acceptors (Lipinski definition) is 5. The van der Waals surface area contributed by atoms with Crippen molar-refractivity contribution in [2.24, 2.45) is 5.92 Å². The molecule has 25 heavy (non-hydrogen) atoms. The molecule has 2 heterocycles. The van der Waals surface area contributed by atoms with E-state index in [9.17, 15) is 15.0 Å². The van der Waals surface area contributed by atoms with Crippen LogP contribution in [0, 0.1) is 5.92 Å². The zero-order valence-corrected chi connectivity index (χ0v) is 17.3. The molecule has 0 fully saturated rings. The van der Waals surface area contributed by atoms with Crippen molar-refractivity contribution in [2.45, 2.75) is 32.4 Å². The van der Waals surface area contributed by atoms with Gasteiger partial charge in [0.2, 0.25) is 0 Å². The first-order valence-electron chi connectivity index (χ1n) is 7.98. The lowest BCUT2D eigenvalue weighted by Gasteiger charge is -2.28. The summed E-state index contributed by atoms with van der Waals surface area (Å²) >= 11 is 8.08. The fraction of sp³-hybridized carbons (Fsp3) is 0.353. The van der Waals surface area contributed by atoms with Crippen LogP contribution in [-0.4, -0.2) is 16.1 Å². The summed E-state index contributed by atoms with van der Waals surface area (Å²) in [7, 11) is 0. The SMILES string of the molecule is C[C@@H]1CCc2c(sc3c2C(=O)N[C@H](c2cc(Br)c(O)c(Br)c2O)N3)C1. The first-order chi connectivity index (χ1) is 11.9. The second-order valence-corrected chi connectivity index (χ2v) is 9.32. The molecule has 5 nitrogen and oxygen atoms in total. The van der Waals surface area contributed by atoms with Crippen molar-refractivity contribution >= 4 is 54.1 Å². The van der Waals surface area contributed by atoms with Crippen LogP contribution in [0.25, 0.3) is 0 Å². The Bertz CT molecular complexity index is 897. The maximum atomic E-state index is 12.7. The summed E-state index contributed by atoms with van der Waals surface area (Å²) in [6.45, 7) is 2.24. The zero-order chi connectivity index (χ0) is 17.9. The monoisotopic (exact) mass is 486 g/mol. The van der Waals surface area contributed by atoms with E-state index >= 15 is 0 Å². The summed E-state index contributed by atoms with van der Waals surface area (Å²) < 4.78 is 0.631. The summed E-state index contributed by atoms with van der Waals surface area (Å²) in [5.41, 5.74) is 2.40. The standard InChI is InChI=1S/C17H16Br2N2O3S/c1-6-2-3-7-10(4-6)25-17-11(7)16(24)20-15(21-17)8-5-9(18)14(23)12(19)13(8)22/h5-6,15,21-23H,2-4H2,1H3,(H,20,24)/t6-,15+/m1/s1. The molecule has 0 radical (unpaired) electrons. The molecule has 2 aliphatic rings. The van der Waals surface area contributed by atoms with E-state index in [1.807, 2.05) is 0 Å². The van der Waals surface area contributed by atoms with Crippen LogP contribution < -0.4 is 10.6 Å². The summed E-state index contributed by atoms with van der Waals surface area (Å²) in [5.74, 6) is 0.339. The van der Waals surface area contributed by atoms with Gasteiger partial charge >= 0.3 is 0 Å². The van der Waals surface area contributed by atoms with Gasteiger partial charge in [-0.2, -0.15) is 0 Å². The van der Waals surface area contributed by atoms with Crippen molar-refractivity contribution in [2.75, 3.05) is 5.32 Å². The molecule has 2 aromatic rings. The van der Waals surface area contributed by atoms with E-state index in [-0.39, 0.29) is 21.9 Å². The molecule has 8 heteroatoms. The molecule has 4 N–H and O–H groups in total. The smallest absolute Gasteiger partial charge is 0.256 e. The molecule has 1 amide bonds. The first-order valence-corrected chi connectivity index (χ1v) is 10.4. The molecular formula is C17H16Br2N2O3S. The lowest BCUT2D eigenvalue weighted by atomic mass is 9.88. The Morgan fingerprint density at radius 2 is 2.00 bits per heavy atom. The predicted octanol–water partition coefficient (Wildman–Crippen LogP) is 4.66. The average molecular weight is 488 g/mol. The van der Waals surface area contributed by atoms with Crippen molar-refractivity contribution in [1.82, 2.24) is 5.32 Å². The third-order valence-corrected chi connectivity index (χ3v) is 7.34. The number of rotatable bonds is 1. The number of aromatic hydroxyl groups is 2. The van der Waals surface area contributed by atoms with Crippen LogP contribution >= 0.6 is 43.2 Å². The van der Waals surface area contributed by atoms with Crippen molar-refractivity contribution in [1.29, 1.82) is 0 Å². The van der Waals surface area contributed by atoms with Crippen LogP contribution in [0.3, 0.4) is 0 Å². The fourth-order valence-electron chi connectivity index (χ4n) is 3.46. The van der Waals surface area contributed by atoms with Gasteiger partial charge in [0, 0.05) is 10.4 Å². The highest BCUT2D eigenvalue weighted by atomic mass is 79.9. The molecule has 4 rings (SSSR count). The highest BCUT2D eigenvalue weighted by Crippen LogP contribution is 2.46. The minimum Gasteiger partial charge on any atom is -0.506 e. The van der Waals surface area contributed by atoms with Crippen LogP contribution in [0.2, 0.25) is 0 Å². The number of halogens is 2. The fourth-order valence-corrected chi connectivity index (χ4v) is 6.05. The zero-order valence-electron chi connectivity index (χ0n) is 13.3. The van der Waals surface area contributed by atoms with E-state index in [1.165, 1.54) is 10.4 Å². The Balaban J connectivity index is 1.75. The number of anilines is 1. The highest BCUT2D eigenvalue weighted by Gasteiger charge is 2.34. The molecule has 0 saturated carbocycles. The molecule has 0 unspecified atom stereocenters. The van der Waals surface area contributed by atoms with Gasteiger partial charge in [-0.15, -0.1) is 11.3 Å². The van der Waals surface area contributed by atoms with Gasteiger partial charge in [0.15, 0.2) is 0 Å². The molecule has 1 aromatic carbocycles. The molecule has 0 saturated heterocycles. The van der Waals surface area contributed by atoms with Gasteiger partial charge in [-0.3, -0.25) is 4.79 Å². The van der Waals surface area contributed by atoms with Crippen molar-refractivity contribution < 1.29 is 15.0 Å². The summed E-state index contributed by atoms with van der Waals surface area (Å²) in [6, 6.07) is 1.61. The molecule has 0 spiro atoms. The second kappa shape index (κ2) is 6.17. The lowest BCUT2D eigenvalue weighted by molar-refractivity contribution is 0.0935. The summed E-state index contributed by atoms with van der Waals surface area (Å²) in [5, 5.41) is 27.4. The summed E-state index contributed by atoms with van der Waals surface area (Å²) in [4.78, 5) is 14.0. The molecule has 0 bridgehead atoms. The van der Waals surface area contributed by atoms with Gasteiger partial charge in [0.1, 0.15) is 27.1 Å². The predicted molar refractivity (Wildman–Crippen MR) is 105 cm³/mol. The molecule has 2 atom stereocenters. The lowest BCUT2D eigenvalue weighted by Crippen LogP contribution is -2.38. The van der Waals surface area contributed by atoms with Crippen LogP contribution in [0.1, 0.15) is 45.9 Å². The number of fused-ring (bicyclic) bond motifs is 3. The molecule has 1 aliphatic carbocycles. The Kier molecular flexibility index (Phi) is 4.24. The summed E-state index contributed by atoms with van der Waals surface area (Å²) in [6.07, 6.45) is 2.48. The average Bonchev–Trinajstić information content (AvgIpc) is 2.93. The Labute approximate surface area is 165 Å². The van der Waals surface area contributed by atoms with Crippen LogP contribution in [0.5, 0.6) is 11.5 Å². The number of carbonyl (C=O) groups is 1. The van der Waals surface area contributed by atoms with Crippen molar-refractivity contribution in [3.8, 4) is 11.5 Å². The number of benzene rings is 1.